The lowest BCUT2D eigenvalue weighted by atomic mass is 10.4. The summed E-state index contributed by atoms with van der Waals surface area (Å²) in [4.78, 5) is 38.5. The summed E-state index contributed by atoms with van der Waals surface area (Å²) >= 11 is 0. The summed E-state index contributed by atoms with van der Waals surface area (Å²) in [5, 5.41) is 0.392. The van der Waals surface area contributed by atoms with E-state index < -0.39 is 17.8 Å². The Bertz CT molecular complexity index is 1680. The highest BCUT2D eigenvalue weighted by Gasteiger charge is 2.32. The maximum atomic E-state index is 11.4. The van der Waals surface area contributed by atoms with Gasteiger partial charge in [-0.2, -0.15) is 0 Å². The molecule has 0 aromatic rings. The number of hydrogen-bond donors (Lipinski definition) is 0. The zero-order valence-electron chi connectivity index (χ0n) is 18.0. The molecule has 1 heterocycles. The van der Waals surface area contributed by atoms with Crippen LogP contribution in [0.2, 0.25) is 0 Å². The van der Waals surface area contributed by atoms with Crippen LogP contribution in [0.4, 0.5) is 0 Å². The van der Waals surface area contributed by atoms with Crippen LogP contribution in [-0.4, -0.2) is 22.8 Å². The molecule has 1 aliphatic rings. The molecule has 0 saturated carbocycles. The molecule has 0 bridgehead atoms. The molecule has 0 aromatic carbocycles. The van der Waals surface area contributed by atoms with Crippen molar-refractivity contribution in [2.45, 2.75) is 19.8 Å². The second-order valence-electron chi connectivity index (χ2n) is 5.09. The van der Waals surface area contributed by atoms with E-state index >= 15 is 0 Å². The van der Waals surface area contributed by atoms with Crippen LogP contribution in [0.5, 0.6) is 0 Å². The Morgan fingerprint density at radius 1 is 0.543 bits per heavy atom. The third-order valence-corrected chi connectivity index (χ3v) is 2.78. The minimum absolute atomic E-state index is 0.00303. The van der Waals surface area contributed by atoms with E-state index in [2.05, 4.69) is 141 Å². The van der Waals surface area contributed by atoms with Gasteiger partial charge < -0.3 is 4.84 Å². The number of rotatable bonds is 1. The molecule has 35 heavy (non-hydrogen) atoms. The molecule has 0 atom stereocenters. The molecule has 5 nitrogen and oxygen atoms in total. The smallest absolute Gasteiger partial charge is 0.318 e. The Hall–Kier alpha value is -6.67. The predicted octanol–water partition coefficient (Wildman–Crippen LogP) is -0.346. The van der Waals surface area contributed by atoms with Crippen LogP contribution in [0.1, 0.15) is 19.8 Å². The molecule has 0 spiro atoms. The SMILES string of the molecule is CC#CC#CC#CC#CC#CC#CC#CC#CC#CC#CC#CC#CC(=O)ON1C(=O)CCC1=O. The fourth-order valence-corrected chi connectivity index (χ4v) is 1.53. The number of hydrogen-bond acceptors (Lipinski definition) is 4. The van der Waals surface area contributed by atoms with E-state index in [1.807, 2.05) is 5.92 Å². The van der Waals surface area contributed by atoms with Gasteiger partial charge >= 0.3 is 5.97 Å². The highest BCUT2D eigenvalue weighted by Crippen LogP contribution is 2.11. The monoisotopic (exact) mass is 445 g/mol. The molecule has 1 saturated heterocycles. The highest BCUT2D eigenvalue weighted by atomic mass is 16.7. The zero-order valence-corrected chi connectivity index (χ0v) is 18.0. The Balaban J connectivity index is 2.41. The molecule has 0 aromatic heterocycles. The van der Waals surface area contributed by atoms with E-state index in [0.717, 1.165) is 0 Å². The van der Waals surface area contributed by atoms with E-state index in [4.69, 9.17) is 0 Å². The van der Waals surface area contributed by atoms with Crippen LogP contribution in [0.15, 0.2) is 0 Å². The molecular weight excluding hydrogens is 438 g/mol. The first-order chi connectivity index (χ1) is 17.1. The highest BCUT2D eigenvalue weighted by molar-refractivity contribution is 6.02. The first-order valence-corrected chi connectivity index (χ1v) is 9.15. The standard InChI is InChI=1S/C30H7NO4/c1-2-3-4-5-6-7-8-9-10-11-12-13-14-15-16-17-18-19-20-21-22-23-24-25-30(34)35-31-28(32)26-27-29(31)33/h26-27H2,1H3. The lowest BCUT2D eigenvalue weighted by Gasteiger charge is -2.09. The van der Waals surface area contributed by atoms with Crippen molar-refractivity contribution >= 4 is 17.8 Å². The van der Waals surface area contributed by atoms with Crippen molar-refractivity contribution in [2.24, 2.45) is 0 Å². The first-order valence-electron chi connectivity index (χ1n) is 9.15. The number of imide groups is 1. The fraction of sp³-hybridized carbons (Fsp3) is 0.100. The molecular formula is C30H7NO4. The van der Waals surface area contributed by atoms with E-state index in [0.29, 0.717) is 5.06 Å². The summed E-state index contributed by atoms with van der Waals surface area (Å²) in [5.74, 6) is 56.0. The van der Waals surface area contributed by atoms with E-state index in [-0.39, 0.29) is 12.8 Å². The molecule has 1 aliphatic heterocycles. The molecule has 0 aliphatic carbocycles. The molecule has 1 fully saturated rings. The topological polar surface area (TPSA) is 63.7 Å². The number of hydroxylamine groups is 2. The number of amides is 2. The van der Waals surface area contributed by atoms with E-state index in [9.17, 15) is 14.4 Å². The normalized spacial score (nSPS) is 8.20. The quantitative estimate of drug-likeness (QED) is 0.409. The van der Waals surface area contributed by atoms with Gasteiger partial charge in [0.1, 0.15) is 0 Å². The average Bonchev–Trinajstić information content (AvgIpc) is 3.16. The molecule has 0 N–H and O–H groups in total. The van der Waals surface area contributed by atoms with Crippen LogP contribution in [-0.2, 0) is 19.2 Å². The van der Waals surface area contributed by atoms with Crippen molar-refractivity contribution in [1.82, 2.24) is 5.06 Å². The summed E-state index contributed by atoms with van der Waals surface area (Å²) in [6, 6.07) is 0. The van der Waals surface area contributed by atoms with E-state index in [1.54, 1.807) is 6.92 Å². The molecule has 156 valence electrons. The van der Waals surface area contributed by atoms with Crippen LogP contribution in [0.25, 0.3) is 0 Å². The third-order valence-electron chi connectivity index (χ3n) is 2.78. The van der Waals surface area contributed by atoms with Gasteiger partial charge in [0.2, 0.25) is 0 Å². The van der Waals surface area contributed by atoms with Crippen LogP contribution in [0, 0.1) is 142 Å². The summed E-state index contributed by atoms with van der Waals surface area (Å²) < 4.78 is 0. The maximum absolute atomic E-state index is 11.4. The second-order valence-corrected chi connectivity index (χ2v) is 5.09. The first kappa shape index (κ1) is 26.4. The van der Waals surface area contributed by atoms with Gasteiger partial charge in [0.25, 0.3) is 11.8 Å². The van der Waals surface area contributed by atoms with E-state index in [1.165, 1.54) is 0 Å². The van der Waals surface area contributed by atoms with Gasteiger partial charge in [-0.1, -0.05) is 5.92 Å². The second kappa shape index (κ2) is 18.1. The summed E-state index contributed by atoms with van der Waals surface area (Å²) in [6.07, 6.45) is -0.00606. The Morgan fingerprint density at radius 2 is 0.829 bits per heavy atom. The van der Waals surface area contributed by atoms with Gasteiger partial charge in [-0.25, -0.2) is 4.79 Å². The lowest BCUT2D eigenvalue weighted by molar-refractivity contribution is -0.193. The largest absolute Gasteiger partial charge is 0.410 e. The van der Waals surface area contributed by atoms with Crippen LogP contribution < -0.4 is 0 Å². The average molecular weight is 445 g/mol. The Kier molecular flexibility index (Phi) is 13.7. The number of carbonyl (C=O) groups is 3. The van der Waals surface area contributed by atoms with Crippen molar-refractivity contribution in [3.8, 4) is 142 Å². The van der Waals surface area contributed by atoms with Gasteiger partial charge in [-0.05, 0) is 102 Å². The minimum atomic E-state index is -1.08. The minimum Gasteiger partial charge on any atom is -0.318 e. The molecule has 0 unspecified atom stereocenters. The summed E-state index contributed by atoms with van der Waals surface area (Å²) in [5.41, 5.74) is 0. The van der Waals surface area contributed by atoms with Gasteiger partial charge in [0.05, 0.1) is 0 Å². The van der Waals surface area contributed by atoms with Crippen LogP contribution in [0.3, 0.4) is 0 Å². The van der Waals surface area contributed by atoms with Gasteiger partial charge in [-0.15, -0.1) is 5.06 Å². The number of nitrogens with zero attached hydrogens (tertiary/aromatic N) is 1. The molecule has 1 rings (SSSR count). The Morgan fingerprint density at radius 3 is 1.14 bits per heavy atom. The number of carbonyl (C=O) groups excluding carboxylic acids is 3. The van der Waals surface area contributed by atoms with Gasteiger partial charge in [0.15, 0.2) is 0 Å². The van der Waals surface area contributed by atoms with Crippen molar-refractivity contribution < 1.29 is 19.2 Å². The summed E-state index contributed by atoms with van der Waals surface area (Å²) in [6.45, 7) is 1.68. The van der Waals surface area contributed by atoms with Crippen molar-refractivity contribution in [3.63, 3.8) is 0 Å². The fourth-order valence-electron chi connectivity index (χ4n) is 1.53. The predicted molar refractivity (Wildman–Crippen MR) is 126 cm³/mol. The van der Waals surface area contributed by atoms with Crippen molar-refractivity contribution in [1.29, 1.82) is 0 Å². The Labute approximate surface area is 204 Å². The van der Waals surface area contributed by atoms with Gasteiger partial charge in [-0.3, -0.25) is 9.59 Å². The zero-order chi connectivity index (χ0) is 25.4. The van der Waals surface area contributed by atoms with Crippen molar-refractivity contribution in [2.75, 3.05) is 0 Å². The maximum Gasteiger partial charge on any atom is 0.410 e. The summed E-state index contributed by atoms with van der Waals surface area (Å²) in [7, 11) is 0. The third kappa shape index (κ3) is 14.0. The molecule has 5 heteroatoms. The lowest BCUT2D eigenvalue weighted by Crippen LogP contribution is -2.31. The molecule has 0 radical (unpaired) electrons. The van der Waals surface area contributed by atoms with Gasteiger partial charge in [0, 0.05) is 54.3 Å². The molecule has 2 amide bonds. The van der Waals surface area contributed by atoms with Crippen LogP contribution >= 0.6 is 0 Å². The van der Waals surface area contributed by atoms with Crippen molar-refractivity contribution in [3.05, 3.63) is 0 Å².